The van der Waals surface area contributed by atoms with Gasteiger partial charge in [-0.3, -0.25) is 10.1 Å². The van der Waals surface area contributed by atoms with E-state index in [1.54, 1.807) is 18.5 Å². The van der Waals surface area contributed by atoms with E-state index in [-0.39, 0.29) is 11.6 Å². The summed E-state index contributed by atoms with van der Waals surface area (Å²) in [6, 6.07) is 15.3. The average molecular weight is 773 g/mol. The van der Waals surface area contributed by atoms with Gasteiger partial charge >= 0.3 is 0 Å². The Hall–Kier alpha value is -4.38. The fourth-order valence-corrected chi connectivity index (χ4v) is 13.7. The zero-order valence-electron chi connectivity index (χ0n) is 33.4. The van der Waals surface area contributed by atoms with Gasteiger partial charge in [-0.25, -0.2) is 15.0 Å². The average Bonchev–Trinajstić information content (AvgIpc) is 3.73. The molecule has 12 nitrogen and oxygen atoms in total. The lowest BCUT2D eigenvalue weighted by Crippen LogP contribution is -2.48. The normalized spacial score (nSPS) is 12.4. The first-order valence-electron chi connectivity index (χ1n) is 18.9. The molecule has 290 valence electrons. The molecule has 0 fully saturated rings. The van der Waals surface area contributed by atoms with E-state index in [4.69, 9.17) is 28.3 Å². The van der Waals surface area contributed by atoms with Crippen LogP contribution >= 0.6 is 0 Å². The number of aromatic nitrogens is 4. The van der Waals surface area contributed by atoms with Crippen LogP contribution in [-0.4, -0.2) is 61.2 Å². The first-order valence-corrected chi connectivity index (χ1v) is 24.7. The Bertz CT molecular complexity index is 2020. The number of benzene rings is 2. The van der Waals surface area contributed by atoms with Gasteiger partial charge in [-0.15, -0.1) is 0 Å². The number of non-ortho nitro benzene ring substituents is 1. The summed E-state index contributed by atoms with van der Waals surface area (Å²) in [6.07, 6.45) is 4.82. The van der Waals surface area contributed by atoms with Crippen molar-refractivity contribution in [1.29, 1.82) is 0 Å². The molecule has 3 aromatic heterocycles. The highest BCUT2D eigenvalue weighted by Crippen LogP contribution is 2.42. The number of aryl methyl sites for hydroxylation is 1. The van der Waals surface area contributed by atoms with Crippen LogP contribution in [0, 0.1) is 10.1 Å². The molecular weight excluding hydrogens is 717 g/mol. The molecule has 2 aromatic carbocycles. The van der Waals surface area contributed by atoms with Gasteiger partial charge in [0, 0.05) is 57.0 Å². The van der Waals surface area contributed by atoms with Gasteiger partial charge < -0.3 is 28.2 Å². The van der Waals surface area contributed by atoms with Crippen molar-refractivity contribution < 1.29 is 23.2 Å². The molecule has 0 amide bonds. The molecule has 1 N–H and O–H groups in total. The molecule has 0 saturated heterocycles. The summed E-state index contributed by atoms with van der Waals surface area (Å²) in [6.45, 7) is 22.5. The molecule has 0 unspecified atom stereocenters. The number of rotatable bonds is 19. The Kier molecular flexibility index (Phi) is 13.1. The van der Waals surface area contributed by atoms with Gasteiger partial charge in [0.05, 0.1) is 41.1 Å². The third-order valence-electron chi connectivity index (χ3n) is 10.1. The standard InChI is InChI=1S/C40H56N6O6Si2/c1-27(2)54(28(3)4,29(5)6)52-20-11-12-37-44-38(31-14-13-30-18-21-51-36(30)24-31)39(45(37)26-50-22-23-53(8,9)10)33-17-19-41-40(42-33)43-34-25-32(46(47)48)15-16-35(34)49-7/h13-19,21,24-25,27-29H,11-12,20,22-23,26H2,1-10H3,(H,41,42,43). The number of nitro benzene ring substituents is 1. The van der Waals surface area contributed by atoms with E-state index in [1.165, 1.54) is 19.2 Å². The van der Waals surface area contributed by atoms with E-state index in [1.807, 2.05) is 24.3 Å². The molecule has 0 aliphatic heterocycles. The van der Waals surface area contributed by atoms with Crippen LogP contribution in [0.2, 0.25) is 42.3 Å². The van der Waals surface area contributed by atoms with Crippen LogP contribution in [0.3, 0.4) is 0 Å². The van der Waals surface area contributed by atoms with Crippen LogP contribution in [0.15, 0.2) is 65.4 Å². The predicted octanol–water partition coefficient (Wildman–Crippen LogP) is 10.9. The minimum absolute atomic E-state index is 0.0812. The number of methoxy groups -OCH3 is 1. The minimum atomic E-state index is -2.04. The van der Waals surface area contributed by atoms with Crippen molar-refractivity contribution in [1.82, 2.24) is 19.5 Å². The van der Waals surface area contributed by atoms with E-state index in [0.29, 0.717) is 60.1 Å². The monoisotopic (exact) mass is 772 g/mol. The molecule has 5 aromatic rings. The molecule has 14 heteroatoms. The lowest BCUT2D eigenvalue weighted by Gasteiger charge is -2.42. The summed E-state index contributed by atoms with van der Waals surface area (Å²) >= 11 is 0. The van der Waals surface area contributed by atoms with Gasteiger partial charge in [0.2, 0.25) is 5.95 Å². The lowest BCUT2D eigenvalue weighted by molar-refractivity contribution is -0.384. The van der Waals surface area contributed by atoms with Gasteiger partial charge in [-0.05, 0) is 53.4 Å². The number of hydrogen-bond acceptors (Lipinski definition) is 10. The van der Waals surface area contributed by atoms with E-state index in [0.717, 1.165) is 46.2 Å². The second-order valence-electron chi connectivity index (χ2n) is 16.0. The molecule has 0 spiro atoms. The number of nitrogens with one attached hydrogen (secondary N) is 1. The second kappa shape index (κ2) is 17.4. The number of furan rings is 1. The first-order chi connectivity index (χ1) is 25.6. The smallest absolute Gasteiger partial charge is 0.271 e. The fourth-order valence-electron chi connectivity index (χ4n) is 7.48. The Morgan fingerprint density at radius 3 is 2.35 bits per heavy atom. The molecule has 0 radical (unpaired) electrons. The molecule has 0 bridgehead atoms. The Morgan fingerprint density at radius 1 is 0.944 bits per heavy atom. The van der Waals surface area contributed by atoms with Crippen molar-refractivity contribution in [2.45, 2.75) is 103 Å². The maximum atomic E-state index is 11.6. The highest BCUT2D eigenvalue weighted by molar-refractivity contribution is 6.77. The molecule has 5 rings (SSSR count). The van der Waals surface area contributed by atoms with Crippen LogP contribution in [-0.2, 0) is 22.3 Å². The molecule has 0 atom stereocenters. The SMILES string of the molecule is COc1ccc([N+](=O)[O-])cc1Nc1nccc(-c2c(-c3ccc4ccoc4c3)nc(CCCO[Si](C(C)C)(C(C)C)C(C)C)n2COCC[Si](C)(C)C)n1. The van der Waals surface area contributed by atoms with Gasteiger partial charge in [-0.1, -0.05) is 73.3 Å². The Morgan fingerprint density at radius 2 is 1.69 bits per heavy atom. The van der Waals surface area contributed by atoms with Crippen molar-refractivity contribution in [3.8, 4) is 28.4 Å². The first kappa shape index (κ1) is 40.8. The van der Waals surface area contributed by atoms with Crippen LogP contribution in [0.1, 0.15) is 53.8 Å². The number of nitrogens with zero attached hydrogens (tertiary/aromatic N) is 5. The van der Waals surface area contributed by atoms with Crippen LogP contribution in [0.4, 0.5) is 17.3 Å². The van der Waals surface area contributed by atoms with E-state index >= 15 is 0 Å². The summed E-state index contributed by atoms with van der Waals surface area (Å²) in [5, 5.41) is 15.7. The third kappa shape index (κ3) is 9.28. The van der Waals surface area contributed by atoms with Crippen LogP contribution < -0.4 is 10.1 Å². The van der Waals surface area contributed by atoms with Gasteiger partial charge in [0.1, 0.15) is 23.9 Å². The quantitative estimate of drug-likeness (QED) is 0.0373. The molecule has 3 heterocycles. The fraction of sp³-hybridized carbons (Fsp3) is 0.475. The van der Waals surface area contributed by atoms with Gasteiger partial charge in [0.25, 0.3) is 5.69 Å². The maximum absolute atomic E-state index is 11.6. The summed E-state index contributed by atoms with van der Waals surface area (Å²) in [5.74, 6) is 1.54. The highest BCUT2D eigenvalue weighted by Gasteiger charge is 2.44. The van der Waals surface area contributed by atoms with Crippen molar-refractivity contribution >= 4 is 44.7 Å². The minimum Gasteiger partial charge on any atom is -0.495 e. The number of nitro groups is 1. The van der Waals surface area contributed by atoms with Crippen molar-refractivity contribution in [3.05, 3.63) is 76.9 Å². The molecule has 0 aliphatic rings. The highest BCUT2D eigenvalue weighted by atomic mass is 28.4. The van der Waals surface area contributed by atoms with E-state index in [9.17, 15) is 10.1 Å². The summed E-state index contributed by atoms with van der Waals surface area (Å²) in [7, 11) is -1.87. The molecule has 54 heavy (non-hydrogen) atoms. The lowest BCUT2D eigenvalue weighted by atomic mass is 10.1. The van der Waals surface area contributed by atoms with Crippen LogP contribution in [0.5, 0.6) is 5.75 Å². The van der Waals surface area contributed by atoms with Crippen LogP contribution in [0.25, 0.3) is 33.6 Å². The molecule has 0 aliphatic carbocycles. The van der Waals surface area contributed by atoms with Crippen molar-refractivity contribution in [2.24, 2.45) is 0 Å². The summed E-state index contributed by atoms with van der Waals surface area (Å²) in [4.78, 5) is 25.9. The number of ether oxygens (including phenoxy) is 2. The predicted molar refractivity (Wildman–Crippen MR) is 221 cm³/mol. The number of anilines is 2. The largest absolute Gasteiger partial charge is 0.495 e. The number of imidazole rings is 1. The zero-order valence-corrected chi connectivity index (χ0v) is 35.4. The molecular formula is C40H56N6O6Si2. The maximum Gasteiger partial charge on any atom is 0.271 e. The topological polar surface area (TPSA) is 140 Å². The van der Waals surface area contributed by atoms with Crippen molar-refractivity contribution in [3.63, 3.8) is 0 Å². The van der Waals surface area contributed by atoms with E-state index in [2.05, 4.69) is 82.1 Å². The second-order valence-corrected chi connectivity index (χ2v) is 27.1. The summed E-state index contributed by atoms with van der Waals surface area (Å²) in [5.41, 5.74) is 5.55. The Labute approximate surface area is 321 Å². The molecule has 0 saturated carbocycles. The zero-order chi connectivity index (χ0) is 39.2. The number of hydrogen-bond donors (Lipinski definition) is 1. The summed E-state index contributed by atoms with van der Waals surface area (Å²) < 4.78 is 26.8. The van der Waals surface area contributed by atoms with Gasteiger partial charge in [0.15, 0.2) is 8.32 Å². The number of fused-ring (bicyclic) bond motifs is 1. The van der Waals surface area contributed by atoms with Crippen molar-refractivity contribution in [2.75, 3.05) is 25.6 Å². The Balaban J connectivity index is 1.58. The van der Waals surface area contributed by atoms with E-state index < -0.39 is 21.3 Å². The van der Waals surface area contributed by atoms with Gasteiger partial charge in [-0.2, -0.15) is 0 Å². The third-order valence-corrected chi connectivity index (χ3v) is 18.0.